The molecule has 1 aromatic carbocycles. The van der Waals surface area contributed by atoms with Crippen molar-refractivity contribution < 1.29 is 22.8 Å². The smallest absolute Gasteiger partial charge is 0.383 e. The minimum absolute atomic E-state index is 0.0391. The predicted molar refractivity (Wildman–Crippen MR) is 91.4 cm³/mol. The Morgan fingerprint density at radius 2 is 2.11 bits per heavy atom. The number of carbonyl (C=O) groups excluding carboxylic acids is 2. The second-order valence-corrected chi connectivity index (χ2v) is 5.76. The first kappa shape index (κ1) is 18.4. The quantitative estimate of drug-likeness (QED) is 0.846. The molecule has 1 saturated heterocycles. The third-order valence-corrected chi connectivity index (χ3v) is 4.00. The Labute approximate surface area is 151 Å². The van der Waals surface area contributed by atoms with Gasteiger partial charge in [-0.3, -0.25) is 9.69 Å². The molecule has 1 aromatic heterocycles. The molecule has 0 atom stereocenters. The number of anilines is 3. The zero-order valence-corrected chi connectivity index (χ0v) is 14.1. The van der Waals surface area contributed by atoms with Crippen LogP contribution >= 0.6 is 0 Å². The highest BCUT2D eigenvalue weighted by Crippen LogP contribution is 2.31. The lowest BCUT2D eigenvalue weighted by Crippen LogP contribution is -2.31. The van der Waals surface area contributed by atoms with E-state index in [2.05, 4.69) is 15.3 Å². The fraction of sp³-hybridized carbons (Fsp3) is 0.250. The van der Waals surface area contributed by atoms with Crippen LogP contribution in [0.1, 0.15) is 15.9 Å². The largest absolute Gasteiger partial charge is 0.416 e. The topological polar surface area (TPSA) is 104 Å². The molecule has 2 heterocycles. The van der Waals surface area contributed by atoms with Gasteiger partial charge in [0.2, 0.25) is 5.95 Å². The number of rotatable bonds is 3. The summed E-state index contributed by atoms with van der Waals surface area (Å²) in [5.41, 5.74) is 4.89. The van der Waals surface area contributed by atoms with Crippen molar-refractivity contribution in [2.45, 2.75) is 6.18 Å². The van der Waals surface area contributed by atoms with Crippen molar-refractivity contribution in [3.8, 4) is 0 Å². The molecule has 0 radical (unpaired) electrons. The SMILES string of the molecule is CN(C(=O)c1cnc(N2CCNC2=O)nc1N)c1cccc(C(F)(F)F)c1. The summed E-state index contributed by atoms with van der Waals surface area (Å²) in [6.07, 6.45) is -3.38. The molecule has 2 aromatic rings. The number of amides is 3. The summed E-state index contributed by atoms with van der Waals surface area (Å²) in [6, 6.07) is 3.96. The van der Waals surface area contributed by atoms with Crippen LogP contribution in [0.3, 0.4) is 0 Å². The maximum Gasteiger partial charge on any atom is 0.416 e. The van der Waals surface area contributed by atoms with Crippen LogP contribution in [0.5, 0.6) is 0 Å². The van der Waals surface area contributed by atoms with Crippen LogP contribution in [0, 0.1) is 0 Å². The Balaban J connectivity index is 1.86. The lowest BCUT2D eigenvalue weighted by atomic mass is 10.1. The van der Waals surface area contributed by atoms with Gasteiger partial charge in [-0.15, -0.1) is 0 Å². The molecule has 11 heteroatoms. The van der Waals surface area contributed by atoms with Crippen molar-refractivity contribution in [2.75, 3.05) is 35.7 Å². The zero-order chi connectivity index (χ0) is 19.8. The van der Waals surface area contributed by atoms with Gasteiger partial charge in [0.25, 0.3) is 5.91 Å². The molecule has 1 aliphatic rings. The van der Waals surface area contributed by atoms with Crippen LogP contribution < -0.4 is 20.9 Å². The maximum atomic E-state index is 12.9. The van der Waals surface area contributed by atoms with Gasteiger partial charge >= 0.3 is 12.2 Å². The van der Waals surface area contributed by atoms with Crippen molar-refractivity contribution in [1.82, 2.24) is 15.3 Å². The molecule has 3 rings (SSSR count). The Bertz CT molecular complexity index is 902. The number of urea groups is 1. The molecule has 0 aliphatic carbocycles. The molecule has 1 fully saturated rings. The third-order valence-electron chi connectivity index (χ3n) is 4.00. The number of benzene rings is 1. The van der Waals surface area contributed by atoms with E-state index in [0.717, 1.165) is 23.2 Å². The second kappa shape index (κ2) is 6.74. The van der Waals surface area contributed by atoms with E-state index in [1.54, 1.807) is 0 Å². The molecule has 3 N–H and O–H groups in total. The van der Waals surface area contributed by atoms with Gasteiger partial charge in [-0.1, -0.05) is 6.07 Å². The van der Waals surface area contributed by atoms with E-state index < -0.39 is 17.6 Å². The molecule has 0 saturated carbocycles. The molecular weight excluding hydrogens is 365 g/mol. The van der Waals surface area contributed by atoms with Gasteiger partial charge < -0.3 is 16.0 Å². The van der Waals surface area contributed by atoms with Crippen LogP contribution in [0.4, 0.5) is 35.4 Å². The van der Waals surface area contributed by atoms with E-state index in [9.17, 15) is 22.8 Å². The van der Waals surface area contributed by atoms with E-state index in [-0.39, 0.29) is 29.0 Å². The summed E-state index contributed by atoms with van der Waals surface area (Å²) in [5, 5.41) is 2.58. The summed E-state index contributed by atoms with van der Waals surface area (Å²) in [6.45, 7) is 0.788. The van der Waals surface area contributed by atoms with Gasteiger partial charge in [-0.05, 0) is 18.2 Å². The number of hydrogen-bond donors (Lipinski definition) is 2. The molecular formula is C16H15F3N6O2. The summed E-state index contributed by atoms with van der Waals surface area (Å²) < 4.78 is 38.6. The van der Waals surface area contributed by atoms with Crippen LogP contribution in [0.15, 0.2) is 30.5 Å². The van der Waals surface area contributed by atoms with Crippen LogP contribution in [-0.4, -0.2) is 42.0 Å². The van der Waals surface area contributed by atoms with Crippen LogP contribution in [0.25, 0.3) is 0 Å². The fourth-order valence-electron chi connectivity index (χ4n) is 2.53. The van der Waals surface area contributed by atoms with E-state index in [0.29, 0.717) is 13.1 Å². The molecule has 142 valence electrons. The Kier molecular flexibility index (Phi) is 4.60. The fourth-order valence-corrected chi connectivity index (χ4v) is 2.53. The average molecular weight is 380 g/mol. The Morgan fingerprint density at radius 1 is 1.37 bits per heavy atom. The van der Waals surface area contributed by atoms with Crippen LogP contribution in [0.2, 0.25) is 0 Å². The number of hydrogen-bond acceptors (Lipinski definition) is 5. The van der Waals surface area contributed by atoms with Gasteiger partial charge in [0, 0.05) is 32.0 Å². The first-order valence-corrected chi connectivity index (χ1v) is 7.81. The van der Waals surface area contributed by atoms with Gasteiger partial charge in [-0.2, -0.15) is 18.2 Å². The number of nitrogen functional groups attached to an aromatic ring is 1. The first-order valence-electron chi connectivity index (χ1n) is 7.81. The molecule has 0 bridgehead atoms. The lowest BCUT2D eigenvalue weighted by molar-refractivity contribution is -0.137. The predicted octanol–water partition coefficient (Wildman–Crippen LogP) is 1.88. The lowest BCUT2D eigenvalue weighted by Gasteiger charge is -2.20. The first-order chi connectivity index (χ1) is 12.7. The number of halogens is 3. The van der Waals surface area contributed by atoms with Crippen molar-refractivity contribution in [1.29, 1.82) is 0 Å². The second-order valence-electron chi connectivity index (χ2n) is 5.76. The van der Waals surface area contributed by atoms with Crippen molar-refractivity contribution in [2.24, 2.45) is 0 Å². The average Bonchev–Trinajstić information content (AvgIpc) is 3.06. The number of nitrogens with zero attached hydrogens (tertiary/aromatic N) is 4. The van der Waals surface area contributed by atoms with Gasteiger partial charge in [0.1, 0.15) is 11.4 Å². The minimum atomic E-state index is -4.53. The van der Waals surface area contributed by atoms with Crippen molar-refractivity contribution in [3.05, 3.63) is 41.6 Å². The highest BCUT2D eigenvalue weighted by molar-refractivity contribution is 6.08. The number of aromatic nitrogens is 2. The molecule has 3 amide bonds. The maximum absolute atomic E-state index is 12.9. The third kappa shape index (κ3) is 3.61. The van der Waals surface area contributed by atoms with Gasteiger partial charge in [0.05, 0.1) is 5.56 Å². The summed E-state index contributed by atoms with van der Waals surface area (Å²) in [4.78, 5) is 34.5. The number of nitrogens with one attached hydrogen (secondary N) is 1. The number of nitrogens with two attached hydrogens (primary N) is 1. The molecule has 8 nitrogen and oxygen atoms in total. The van der Waals surface area contributed by atoms with E-state index in [1.165, 1.54) is 24.1 Å². The Morgan fingerprint density at radius 3 is 2.70 bits per heavy atom. The minimum Gasteiger partial charge on any atom is -0.383 e. The van der Waals surface area contributed by atoms with E-state index in [4.69, 9.17) is 5.73 Å². The van der Waals surface area contributed by atoms with E-state index >= 15 is 0 Å². The summed E-state index contributed by atoms with van der Waals surface area (Å²) in [7, 11) is 1.32. The highest BCUT2D eigenvalue weighted by atomic mass is 19.4. The van der Waals surface area contributed by atoms with Gasteiger partial charge in [0.15, 0.2) is 0 Å². The molecule has 1 aliphatic heterocycles. The normalized spacial score (nSPS) is 14.2. The van der Waals surface area contributed by atoms with E-state index in [1.807, 2.05) is 0 Å². The van der Waals surface area contributed by atoms with Crippen molar-refractivity contribution in [3.63, 3.8) is 0 Å². The number of alkyl halides is 3. The monoisotopic (exact) mass is 380 g/mol. The standard InChI is InChI=1S/C16H15F3N6O2/c1-24(10-4-2-3-9(7-10)16(17,18)19)13(26)11-8-22-14(23-12(11)20)25-6-5-21-15(25)27/h2-4,7-8H,5-6H2,1H3,(H,21,27)(H2,20,22,23). The molecule has 0 unspecified atom stereocenters. The molecule has 27 heavy (non-hydrogen) atoms. The number of carbonyl (C=O) groups is 2. The van der Waals surface area contributed by atoms with Gasteiger partial charge in [-0.25, -0.2) is 9.78 Å². The van der Waals surface area contributed by atoms with Crippen LogP contribution in [-0.2, 0) is 6.18 Å². The summed E-state index contributed by atoms with van der Waals surface area (Å²) in [5.74, 6) is -0.812. The molecule has 0 spiro atoms. The zero-order valence-electron chi connectivity index (χ0n) is 14.1. The highest BCUT2D eigenvalue weighted by Gasteiger charge is 2.31. The summed E-state index contributed by atoms with van der Waals surface area (Å²) >= 11 is 0. The Hall–Kier alpha value is -3.37. The van der Waals surface area contributed by atoms with Crippen molar-refractivity contribution >= 4 is 29.4 Å².